The number of ether oxygens (including phenoxy) is 1. The van der Waals surface area contributed by atoms with E-state index < -0.39 is 8.07 Å². The van der Waals surface area contributed by atoms with Crippen LogP contribution < -0.4 is 0 Å². The second-order valence-corrected chi connectivity index (χ2v) is 15.2. The third-order valence-electron chi connectivity index (χ3n) is 5.09. The van der Waals surface area contributed by atoms with E-state index in [4.69, 9.17) is 9.84 Å². The molecule has 0 spiro atoms. The first kappa shape index (κ1) is 23.4. The number of aliphatic hydroxyl groups is 1. The largest absolute Gasteiger partial charge is 0.392 e. The lowest BCUT2D eigenvalue weighted by Gasteiger charge is -2.18. The van der Waals surface area contributed by atoms with Crippen LogP contribution >= 0.6 is 0 Å². The topological polar surface area (TPSA) is 32.8 Å². The quantitative estimate of drug-likeness (QED) is 0.234. The van der Waals surface area contributed by atoms with Gasteiger partial charge in [0.15, 0.2) is 0 Å². The number of rotatable bonds is 12. The van der Waals surface area contributed by atoms with Crippen LogP contribution in [0, 0.1) is 0 Å². The Morgan fingerprint density at radius 3 is 2.08 bits per heavy atom. The van der Waals surface area contributed by atoms with Gasteiger partial charge in [-0.1, -0.05) is 54.6 Å². The van der Waals surface area contributed by atoms with Gasteiger partial charge in [-0.05, 0) is 72.3 Å². The summed E-state index contributed by atoms with van der Waals surface area (Å²) in [4.78, 5) is 0. The molecule has 1 heterocycles. The van der Waals surface area contributed by atoms with Crippen LogP contribution in [0.15, 0.2) is 34.9 Å². The minimum Gasteiger partial charge on any atom is -0.392 e. The Labute approximate surface area is 163 Å². The molecule has 150 valence electrons. The number of epoxide rings is 1. The van der Waals surface area contributed by atoms with Crippen molar-refractivity contribution in [2.75, 3.05) is 6.61 Å². The molecule has 1 N–H and O–H groups in total. The van der Waals surface area contributed by atoms with Crippen LogP contribution in [0.4, 0.5) is 0 Å². The Kier molecular flexibility index (Phi) is 9.56. The monoisotopic (exact) mass is 378 g/mol. The Balaban J connectivity index is 2.46. The predicted octanol–water partition coefficient (Wildman–Crippen LogP) is 6.65. The summed E-state index contributed by atoms with van der Waals surface area (Å²) < 4.78 is 5.68. The molecule has 26 heavy (non-hydrogen) atoms. The lowest BCUT2D eigenvalue weighted by atomic mass is 10.0. The third kappa shape index (κ3) is 10.5. The zero-order chi connectivity index (χ0) is 19.8. The van der Waals surface area contributed by atoms with Crippen molar-refractivity contribution in [3.05, 3.63) is 34.9 Å². The van der Waals surface area contributed by atoms with Crippen LogP contribution in [0.3, 0.4) is 0 Å². The van der Waals surface area contributed by atoms with Gasteiger partial charge in [-0.3, -0.25) is 0 Å². The van der Waals surface area contributed by atoms with Gasteiger partial charge in [0.25, 0.3) is 0 Å². The zero-order valence-corrected chi connectivity index (χ0v) is 19.3. The second-order valence-electron chi connectivity index (χ2n) is 9.71. The molecule has 1 fully saturated rings. The summed E-state index contributed by atoms with van der Waals surface area (Å²) in [7, 11) is -1.09. The zero-order valence-electron chi connectivity index (χ0n) is 18.3. The summed E-state index contributed by atoms with van der Waals surface area (Å²) in [5.74, 6) is 0. The van der Waals surface area contributed by atoms with E-state index in [2.05, 4.69) is 59.5 Å². The van der Waals surface area contributed by atoms with Crippen molar-refractivity contribution in [1.82, 2.24) is 0 Å². The van der Waals surface area contributed by atoms with Crippen molar-refractivity contribution < 1.29 is 9.84 Å². The molecule has 3 heteroatoms. The maximum atomic E-state index is 8.98. The fraction of sp³-hybridized carbons (Fsp3) is 0.739. The predicted molar refractivity (Wildman–Crippen MR) is 117 cm³/mol. The molecule has 0 aromatic carbocycles. The summed E-state index contributed by atoms with van der Waals surface area (Å²) in [5, 5.41) is 8.98. The van der Waals surface area contributed by atoms with Crippen LogP contribution in [0.25, 0.3) is 0 Å². The lowest BCUT2D eigenvalue weighted by Crippen LogP contribution is -2.19. The molecule has 1 saturated heterocycles. The number of allylic oxidation sites excluding steroid dienone is 5. The average molecular weight is 379 g/mol. The van der Waals surface area contributed by atoms with Gasteiger partial charge >= 0.3 is 0 Å². The van der Waals surface area contributed by atoms with E-state index in [-0.39, 0.29) is 12.2 Å². The highest BCUT2D eigenvalue weighted by atomic mass is 28.3. The molecule has 1 aliphatic rings. The first-order valence-electron chi connectivity index (χ1n) is 10.3. The number of hydrogen-bond acceptors (Lipinski definition) is 2. The molecule has 0 bridgehead atoms. The van der Waals surface area contributed by atoms with Gasteiger partial charge in [0, 0.05) is 8.07 Å². The lowest BCUT2D eigenvalue weighted by molar-refractivity contribution is 0.320. The highest BCUT2D eigenvalue weighted by Gasteiger charge is 2.46. The van der Waals surface area contributed by atoms with Crippen molar-refractivity contribution >= 4 is 8.07 Å². The molecule has 1 atom stereocenters. The van der Waals surface area contributed by atoms with Crippen molar-refractivity contribution in [2.24, 2.45) is 0 Å². The fourth-order valence-electron chi connectivity index (χ4n) is 3.41. The Morgan fingerprint density at radius 1 is 0.962 bits per heavy atom. The van der Waals surface area contributed by atoms with Crippen LogP contribution in [0.2, 0.25) is 25.7 Å². The number of aliphatic hydroxyl groups excluding tert-OH is 1. The molecule has 0 amide bonds. The van der Waals surface area contributed by atoms with Crippen molar-refractivity contribution in [2.45, 2.75) is 104 Å². The minimum atomic E-state index is -1.09. The molecule has 0 saturated carbocycles. The summed E-state index contributed by atoms with van der Waals surface area (Å²) in [5.41, 5.74) is 4.55. The van der Waals surface area contributed by atoms with Gasteiger partial charge in [0.05, 0.1) is 18.3 Å². The van der Waals surface area contributed by atoms with Gasteiger partial charge < -0.3 is 9.84 Å². The minimum absolute atomic E-state index is 0.121. The van der Waals surface area contributed by atoms with Crippen LogP contribution in [0.1, 0.15) is 66.2 Å². The van der Waals surface area contributed by atoms with Crippen molar-refractivity contribution in [1.29, 1.82) is 0 Å². The van der Waals surface area contributed by atoms with E-state index in [1.165, 1.54) is 23.6 Å². The molecule has 0 aromatic rings. The van der Waals surface area contributed by atoms with Gasteiger partial charge in [-0.15, -0.1) is 0 Å². The molecular formula is C23H42O2Si. The highest BCUT2D eigenvalue weighted by Crippen LogP contribution is 2.39. The van der Waals surface area contributed by atoms with Crippen LogP contribution in [-0.4, -0.2) is 31.5 Å². The first-order chi connectivity index (χ1) is 12.0. The average Bonchev–Trinajstić information content (AvgIpc) is 3.11. The van der Waals surface area contributed by atoms with Crippen molar-refractivity contribution in [3.8, 4) is 0 Å². The van der Waals surface area contributed by atoms with Crippen molar-refractivity contribution in [3.63, 3.8) is 0 Å². The van der Waals surface area contributed by atoms with Gasteiger partial charge in [-0.25, -0.2) is 0 Å². The van der Waals surface area contributed by atoms with E-state index in [1.807, 2.05) is 6.08 Å². The third-order valence-corrected chi connectivity index (χ3v) is 6.61. The molecule has 1 rings (SSSR count). The van der Waals surface area contributed by atoms with E-state index in [0.717, 1.165) is 32.1 Å². The Hall–Kier alpha value is -0.643. The van der Waals surface area contributed by atoms with E-state index >= 15 is 0 Å². The SMILES string of the molecule is C/C(=C\CO)CC/C=C(\CC/C=C(\C)CC[C@@H]1OC1(C)C)C[Si](C)(C)C. The molecule has 1 aliphatic heterocycles. The standard InChI is InChI=1S/C23H42O2Si/c1-19(14-15-22-23(3,4)25-22)10-8-12-21(18-26(5,6)7)13-9-11-20(2)16-17-24/h10,13,16,22,24H,8-9,11-12,14-15,17-18H2,1-7H3/b19-10+,20-16+,21-13+/t22-/m0/s1. The van der Waals surface area contributed by atoms with Gasteiger partial charge in [0.2, 0.25) is 0 Å². The molecule has 2 nitrogen and oxygen atoms in total. The Bertz CT molecular complexity index is 521. The maximum Gasteiger partial charge on any atom is 0.0892 e. The van der Waals surface area contributed by atoms with Crippen LogP contribution in [0.5, 0.6) is 0 Å². The molecule has 0 radical (unpaired) electrons. The van der Waals surface area contributed by atoms with Gasteiger partial charge in [-0.2, -0.15) is 0 Å². The summed E-state index contributed by atoms with van der Waals surface area (Å²) in [6.07, 6.45) is 14.1. The molecule has 0 unspecified atom stereocenters. The van der Waals surface area contributed by atoms with E-state index in [0.29, 0.717) is 6.10 Å². The van der Waals surface area contributed by atoms with Gasteiger partial charge in [0.1, 0.15) is 0 Å². The maximum absolute atomic E-state index is 8.98. The first-order valence-corrected chi connectivity index (χ1v) is 14.0. The fourth-order valence-corrected chi connectivity index (χ4v) is 5.09. The summed E-state index contributed by atoms with van der Waals surface area (Å²) in [6.45, 7) is 16.3. The number of hydrogen-bond donors (Lipinski definition) is 1. The van der Waals surface area contributed by atoms with Crippen LogP contribution in [-0.2, 0) is 4.74 Å². The molecular weight excluding hydrogens is 336 g/mol. The molecule has 0 aromatic heterocycles. The summed E-state index contributed by atoms with van der Waals surface area (Å²) >= 11 is 0. The smallest absolute Gasteiger partial charge is 0.0892 e. The highest BCUT2D eigenvalue weighted by molar-refractivity contribution is 6.76. The second kappa shape index (κ2) is 10.6. The molecule has 0 aliphatic carbocycles. The summed E-state index contributed by atoms with van der Waals surface area (Å²) in [6, 6.07) is 1.30. The Morgan fingerprint density at radius 2 is 1.54 bits per heavy atom. The normalized spacial score (nSPS) is 21.2. The van der Waals surface area contributed by atoms with E-state index in [9.17, 15) is 0 Å². The van der Waals surface area contributed by atoms with E-state index in [1.54, 1.807) is 5.57 Å².